The minimum atomic E-state index is -0.228. The first kappa shape index (κ1) is 15.6. The van der Waals surface area contributed by atoms with Crippen LogP contribution in [0, 0.1) is 0 Å². The van der Waals surface area contributed by atoms with Gasteiger partial charge in [-0.2, -0.15) is 4.98 Å². The molecule has 1 aromatic carbocycles. The summed E-state index contributed by atoms with van der Waals surface area (Å²) in [6, 6.07) is 11.3. The Kier molecular flexibility index (Phi) is 4.05. The molecule has 1 N–H and O–H groups in total. The molecule has 0 spiro atoms. The number of carbonyl (C=O) groups is 1. The van der Waals surface area contributed by atoms with Crippen molar-refractivity contribution in [2.24, 2.45) is 0 Å². The maximum Gasteiger partial charge on any atom is 0.273 e. The van der Waals surface area contributed by atoms with Gasteiger partial charge in [0, 0.05) is 30.0 Å². The lowest BCUT2D eigenvalue weighted by atomic mass is 9.80. The molecule has 0 bridgehead atoms. The van der Waals surface area contributed by atoms with Gasteiger partial charge in [0.1, 0.15) is 0 Å². The van der Waals surface area contributed by atoms with Gasteiger partial charge in [-0.15, -0.1) is 0 Å². The maximum absolute atomic E-state index is 12.3. The zero-order valence-electron chi connectivity index (χ0n) is 13.8. The number of amides is 1. The Labute approximate surface area is 144 Å². The molecular formula is C18H18N4O3. The van der Waals surface area contributed by atoms with Crippen molar-refractivity contribution in [1.29, 1.82) is 0 Å². The van der Waals surface area contributed by atoms with Gasteiger partial charge in [-0.1, -0.05) is 47.6 Å². The summed E-state index contributed by atoms with van der Waals surface area (Å²) in [6.45, 7) is 1.99. The highest BCUT2D eigenvalue weighted by molar-refractivity contribution is 5.93. The van der Waals surface area contributed by atoms with Gasteiger partial charge in [-0.25, -0.2) is 0 Å². The third kappa shape index (κ3) is 3.17. The number of aromatic nitrogens is 3. The van der Waals surface area contributed by atoms with Gasteiger partial charge in [-0.3, -0.25) is 4.79 Å². The lowest BCUT2D eigenvalue weighted by Gasteiger charge is -2.32. The van der Waals surface area contributed by atoms with Crippen molar-refractivity contribution < 1.29 is 13.8 Å². The second kappa shape index (κ2) is 6.51. The first-order chi connectivity index (χ1) is 12.2. The predicted molar refractivity (Wildman–Crippen MR) is 88.8 cm³/mol. The Morgan fingerprint density at radius 3 is 2.72 bits per heavy atom. The Balaban J connectivity index is 1.34. The van der Waals surface area contributed by atoms with Crippen LogP contribution in [0.1, 0.15) is 47.9 Å². The quantitative estimate of drug-likeness (QED) is 0.768. The molecule has 2 aromatic heterocycles. The van der Waals surface area contributed by atoms with Crippen LogP contribution in [0.5, 0.6) is 0 Å². The van der Waals surface area contributed by atoms with Crippen molar-refractivity contribution in [3.63, 3.8) is 0 Å². The zero-order chi connectivity index (χ0) is 17.2. The van der Waals surface area contributed by atoms with E-state index in [9.17, 15) is 4.79 Å². The van der Waals surface area contributed by atoms with E-state index in [0.717, 1.165) is 30.7 Å². The summed E-state index contributed by atoms with van der Waals surface area (Å²) >= 11 is 0. The molecule has 0 atom stereocenters. The van der Waals surface area contributed by atoms with E-state index in [2.05, 4.69) is 20.6 Å². The molecule has 0 aliphatic heterocycles. The van der Waals surface area contributed by atoms with E-state index < -0.39 is 0 Å². The summed E-state index contributed by atoms with van der Waals surface area (Å²) < 4.78 is 10.5. The molecule has 4 rings (SSSR count). The minimum absolute atomic E-state index is 0.0892. The zero-order valence-corrected chi connectivity index (χ0v) is 13.8. The van der Waals surface area contributed by atoms with Gasteiger partial charge in [0.25, 0.3) is 5.91 Å². The van der Waals surface area contributed by atoms with Crippen molar-refractivity contribution in [1.82, 2.24) is 20.6 Å². The van der Waals surface area contributed by atoms with E-state index in [-0.39, 0.29) is 23.6 Å². The average Bonchev–Trinajstić information content (AvgIpc) is 3.27. The van der Waals surface area contributed by atoms with Crippen molar-refractivity contribution >= 4 is 5.91 Å². The fraction of sp³-hybridized carbons (Fsp3) is 0.333. The van der Waals surface area contributed by atoms with Gasteiger partial charge in [0.2, 0.25) is 5.89 Å². The SMILES string of the molecule is CCc1noc([C@H]2C[C@@H](NC(=O)c3cc(-c4ccccc4)on3)C2)n1. The third-order valence-electron chi connectivity index (χ3n) is 4.42. The Morgan fingerprint density at radius 1 is 1.20 bits per heavy atom. The topological polar surface area (TPSA) is 94.1 Å². The fourth-order valence-corrected chi connectivity index (χ4v) is 2.89. The van der Waals surface area contributed by atoms with Crippen LogP contribution in [0.2, 0.25) is 0 Å². The van der Waals surface area contributed by atoms with Gasteiger partial charge >= 0.3 is 0 Å². The van der Waals surface area contributed by atoms with Crippen LogP contribution in [-0.2, 0) is 6.42 Å². The highest BCUT2D eigenvalue weighted by Gasteiger charge is 2.35. The summed E-state index contributed by atoms with van der Waals surface area (Å²) in [6.07, 6.45) is 2.34. The van der Waals surface area contributed by atoms with E-state index in [4.69, 9.17) is 9.05 Å². The number of rotatable bonds is 5. The van der Waals surface area contributed by atoms with E-state index in [1.165, 1.54) is 0 Å². The Hall–Kier alpha value is -2.96. The van der Waals surface area contributed by atoms with Gasteiger partial charge in [-0.05, 0) is 12.8 Å². The largest absolute Gasteiger partial charge is 0.355 e. The number of nitrogens with one attached hydrogen (secondary N) is 1. The van der Waals surface area contributed by atoms with Crippen LogP contribution >= 0.6 is 0 Å². The van der Waals surface area contributed by atoms with Crippen molar-refractivity contribution in [3.8, 4) is 11.3 Å². The molecule has 0 radical (unpaired) electrons. The number of hydrogen-bond donors (Lipinski definition) is 1. The second-order valence-electron chi connectivity index (χ2n) is 6.18. The third-order valence-corrected chi connectivity index (χ3v) is 4.42. The molecular weight excluding hydrogens is 320 g/mol. The van der Waals surface area contributed by atoms with Crippen LogP contribution in [-0.4, -0.2) is 27.2 Å². The number of hydrogen-bond acceptors (Lipinski definition) is 6. The fourth-order valence-electron chi connectivity index (χ4n) is 2.89. The summed E-state index contributed by atoms with van der Waals surface area (Å²) in [7, 11) is 0. The molecule has 1 amide bonds. The highest BCUT2D eigenvalue weighted by atomic mass is 16.5. The normalized spacial score (nSPS) is 19.4. The van der Waals surface area contributed by atoms with Crippen LogP contribution < -0.4 is 5.32 Å². The lowest BCUT2D eigenvalue weighted by molar-refractivity contribution is 0.0892. The van der Waals surface area contributed by atoms with Crippen molar-refractivity contribution in [2.75, 3.05) is 0 Å². The molecule has 1 fully saturated rings. The van der Waals surface area contributed by atoms with Crippen LogP contribution in [0.4, 0.5) is 0 Å². The first-order valence-corrected chi connectivity index (χ1v) is 8.38. The molecule has 1 saturated carbocycles. The monoisotopic (exact) mass is 338 g/mol. The summed E-state index contributed by atoms with van der Waals surface area (Å²) in [5.41, 5.74) is 1.18. The van der Waals surface area contributed by atoms with Gasteiger partial charge in [0.15, 0.2) is 17.3 Å². The Bertz CT molecular complexity index is 865. The molecule has 0 unspecified atom stereocenters. The van der Waals surface area contributed by atoms with E-state index >= 15 is 0 Å². The molecule has 25 heavy (non-hydrogen) atoms. The van der Waals surface area contributed by atoms with Crippen LogP contribution in [0.15, 0.2) is 45.4 Å². The summed E-state index contributed by atoms with van der Waals surface area (Å²) in [4.78, 5) is 16.6. The summed E-state index contributed by atoms with van der Waals surface area (Å²) in [5.74, 6) is 1.95. The molecule has 1 aliphatic carbocycles. The van der Waals surface area contributed by atoms with Crippen molar-refractivity contribution in [3.05, 3.63) is 53.8 Å². The molecule has 2 heterocycles. The van der Waals surface area contributed by atoms with E-state index in [1.807, 2.05) is 37.3 Å². The second-order valence-corrected chi connectivity index (χ2v) is 6.18. The predicted octanol–water partition coefficient (Wildman–Crippen LogP) is 2.96. The summed E-state index contributed by atoms with van der Waals surface area (Å²) in [5, 5.41) is 10.7. The molecule has 128 valence electrons. The average molecular weight is 338 g/mol. The van der Waals surface area contributed by atoms with Crippen LogP contribution in [0.3, 0.4) is 0 Å². The van der Waals surface area contributed by atoms with Crippen LogP contribution in [0.25, 0.3) is 11.3 Å². The van der Waals surface area contributed by atoms with E-state index in [1.54, 1.807) is 6.07 Å². The number of benzene rings is 1. The Morgan fingerprint density at radius 2 is 2.00 bits per heavy atom. The number of nitrogens with zero attached hydrogens (tertiary/aromatic N) is 3. The smallest absolute Gasteiger partial charge is 0.273 e. The molecule has 0 saturated heterocycles. The van der Waals surface area contributed by atoms with E-state index in [0.29, 0.717) is 11.7 Å². The van der Waals surface area contributed by atoms with Crippen molar-refractivity contribution in [2.45, 2.75) is 38.1 Å². The number of aryl methyl sites for hydroxylation is 1. The van der Waals surface area contributed by atoms with Gasteiger partial charge < -0.3 is 14.4 Å². The standard InChI is InChI=1S/C18H18N4O3/c1-2-16-20-18(25-22-16)12-8-13(9-12)19-17(23)14-10-15(24-21-14)11-6-4-3-5-7-11/h3-7,10,12-13H,2,8-9H2,1H3,(H,19,23)/t12-,13+. The maximum atomic E-state index is 12.3. The first-order valence-electron chi connectivity index (χ1n) is 8.38. The highest BCUT2D eigenvalue weighted by Crippen LogP contribution is 2.36. The molecule has 7 nitrogen and oxygen atoms in total. The molecule has 1 aliphatic rings. The molecule has 3 aromatic rings. The number of carbonyl (C=O) groups excluding carboxylic acids is 1. The molecule has 7 heteroatoms. The van der Waals surface area contributed by atoms with Gasteiger partial charge in [0.05, 0.1) is 0 Å². The lowest BCUT2D eigenvalue weighted by Crippen LogP contribution is -2.43. The minimum Gasteiger partial charge on any atom is -0.355 e.